The Balaban J connectivity index is 1.72. The van der Waals surface area contributed by atoms with Gasteiger partial charge in [-0.25, -0.2) is 4.79 Å². The number of hydrogen-bond acceptors (Lipinski definition) is 8. The molecular formula is C28H39N3O6. The van der Waals surface area contributed by atoms with E-state index >= 15 is 0 Å². The lowest BCUT2D eigenvalue weighted by molar-refractivity contribution is -0.217. The van der Waals surface area contributed by atoms with Crippen LogP contribution in [0.1, 0.15) is 45.6 Å². The molecule has 1 saturated heterocycles. The number of likely N-dealkylation sites (N-methyl/N-ethyl adjacent to an activating group) is 1. The van der Waals surface area contributed by atoms with Crippen LogP contribution >= 0.6 is 0 Å². The van der Waals surface area contributed by atoms with Crippen molar-refractivity contribution in [3.05, 3.63) is 35.9 Å². The number of fused-ring (bicyclic) bond motifs is 1. The fourth-order valence-electron chi connectivity index (χ4n) is 8.10. The predicted octanol–water partition coefficient (Wildman–Crippen LogP) is 2.60. The molecule has 6 atom stereocenters. The molecule has 2 N–H and O–H groups in total. The van der Waals surface area contributed by atoms with E-state index in [0.717, 1.165) is 36.5 Å². The van der Waals surface area contributed by atoms with E-state index in [-0.39, 0.29) is 19.2 Å². The van der Waals surface area contributed by atoms with E-state index in [2.05, 4.69) is 40.3 Å². The van der Waals surface area contributed by atoms with E-state index in [0.29, 0.717) is 12.8 Å². The molecule has 1 aromatic rings. The minimum absolute atomic E-state index is 0.00811. The number of nitrogens with one attached hydrogen (secondary N) is 1. The molecule has 1 aromatic carbocycles. The maximum Gasteiger partial charge on any atom is 0.407 e. The van der Waals surface area contributed by atoms with Gasteiger partial charge in [-0.3, -0.25) is 9.69 Å². The van der Waals surface area contributed by atoms with Crippen molar-refractivity contribution < 1.29 is 28.9 Å². The van der Waals surface area contributed by atoms with Gasteiger partial charge in [0.05, 0.1) is 26.3 Å². The number of carbonyl (C=O) groups is 2. The van der Waals surface area contributed by atoms with Gasteiger partial charge < -0.3 is 29.5 Å². The number of nitrogens with zero attached hydrogens (tertiary/aromatic N) is 2. The Morgan fingerprint density at radius 3 is 2.70 bits per heavy atom. The van der Waals surface area contributed by atoms with Crippen LogP contribution in [0.4, 0.5) is 10.5 Å². The number of esters is 1. The van der Waals surface area contributed by atoms with E-state index in [1.54, 1.807) is 7.11 Å². The topological polar surface area (TPSA) is 101 Å². The summed E-state index contributed by atoms with van der Waals surface area (Å²) in [5.74, 6) is 0.280. The van der Waals surface area contributed by atoms with Gasteiger partial charge in [0.2, 0.25) is 0 Å². The highest BCUT2D eigenvalue weighted by Crippen LogP contribution is 2.67. The van der Waals surface area contributed by atoms with Gasteiger partial charge in [0.15, 0.2) is 0 Å². The van der Waals surface area contributed by atoms with Crippen molar-refractivity contribution >= 4 is 17.7 Å². The maximum atomic E-state index is 12.9. The number of aliphatic hydroxyl groups is 1. The first kappa shape index (κ1) is 25.9. The summed E-state index contributed by atoms with van der Waals surface area (Å²) < 4.78 is 16.9. The van der Waals surface area contributed by atoms with Crippen molar-refractivity contribution in [3.63, 3.8) is 0 Å². The quantitative estimate of drug-likeness (QED) is 0.424. The third-order valence-electron chi connectivity index (χ3n) is 9.17. The first-order valence-electron chi connectivity index (χ1n) is 13.3. The molecule has 0 radical (unpaired) electrons. The molecule has 9 heteroatoms. The normalized spacial score (nSPS) is 35.4. The molecule has 1 saturated carbocycles. The van der Waals surface area contributed by atoms with E-state index < -0.39 is 40.6 Å². The third-order valence-corrected chi connectivity index (χ3v) is 9.17. The van der Waals surface area contributed by atoms with Gasteiger partial charge in [-0.15, -0.1) is 0 Å². The summed E-state index contributed by atoms with van der Waals surface area (Å²) in [4.78, 5) is 29.7. The van der Waals surface area contributed by atoms with Crippen LogP contribution in [0.2, 0.25) is 0 Å². The summed E-state index contributed by atoms with van der Waals surface area (Å²) in [6.07, 6.45) is 5.01. The second-order valence-electron chi connectivity index (χ2n) is 10.9. The van der Waals surface area contributed by atoms with Crippen LogP contribution in [-0.4, -0.2) is 86.3 Å². The van der Waals surface area contributed by atoms with Gasteiger partial charge >= 0.3 is 12.1 Å². The Morgan fingerprint density at radius 2 is 2.03 bits per heavy atom. The average Bonchev–Trinajstić information content (AvgIpc) is 3.40. The molecule has 2 fully saturated rings. The van der Waals surface area contributed by atoms with E-state index in [9.17, 15) is 14.7 Å². The van der Waals surface area contributed by atoms with Crippen LogP contribution < -0.4 is 15.0 Å². The summed E-state index contributed by atoms with van der Waals surface area (Å²) in [5.41, 5.74) is -0.557. The lowest BCUT2D eigenvalue weighted by Crippen LogP contribution is -2.81. The van der Waals surface area contributed by atoms with Gasteiger partial charge in [-0.1, -0.05) is 32.1 Å². The van der Waals surface area contributed by atoms with Crippen LogP contribution in [0.5, 0.6) is 5.75 Å². The van der Waals surface area contributed by atoms with Crippen LogP contribution in [0.25, 0.3) is 0 Å². The molecule has 1 spiro atoms. The first-order chi connectivity index (χ1) is 17.7. The molecule has 0 bridgehead atoms. The number of alkyl carbamates (subject to hydrolysis) is 1. The Kier molecular flexibility index (Phi) is 6.43. The molecule has 1 unspecified atom stereocenters. The predicted molar refractivity (Wildman–Crippen MR) is 139 cm³/mol. The summed E-state index contributed by atoms with van der Waals surface area (Å²) in [6, 6.07) is 5.67. The number of benzene rings is 1. The van der Waals surface area contributed by atoms with Crippen LogP contribution in [-0.2, 0) is 19.7 Å². The molecule has 202 valence electrons. The third kappa shape index (κ3) is 3.50. The molecule has 4 aliphatic rings. The maximum absolute atomic E-state index is 12.9. The van der Waals surface area contributed by atoms with Crippen LogP contribution in [0, 0.1) is 5.41 Å². The van der Waals surface area contributed by atoms with Crippen molar-refractivity contribution in [2.24, 2.45) is 5.41 Å². The summed E-state index contributed by atoms with van der Waals surface area (Å²) in [6.45, 7) is 7.24. The monoisotopic (exact) mass is 513 g/mol. The Morgan fingerprint density at radius 1 is 1.24 bits per heavy atom. The van der Waals surface area contributed by atoms with Gasteiger partial charge in [0.1, 0.15) is 17.5 Å². The zero-order valence-electron chi connectivity index (χ0n) is 22.5. The molecule has 37 heavy (non-hydrogen) atoms. The number of methoxy groups -OCH3 is 1. The molecule has 3 aliphatic heterocycles. The number of anilines is 1. The molecule has 0 aromatic heterocycles. The van der Waals surface area contributed by atoms with E-state index in [1.165, 1.54) is 6.92 Å². The van der Waals surface area contributed by atoms with Gasteiger partial charge in [0.25, 0.3) is 0 Å². The molecule has 1 amide bonds. The highest BCUT2D eigenvalue weighted by molar-refractivity contribution is 5.72. The number of carbonyl (C=O) groups excluding carboxylic acids is 2. The summed E-state index contributed by atoms with van der Waals surface area (Å²) in [7, 11) is 3.62. The standard InChI is InChI=1S/C28H39N3O6/c1-6-15-36-25(33)29-17-28(34)23-27(20-10-9-19(35-5)16-21(20)30(23)4)12-14-31-13-8-11-26(7-2,22(27)31)24(28)37-18(3)32/h8-11,16,22-24,34H,6-7,12-15,17H2,1-5H3,(H,29,33)/t22-,23+,24+,26?,27+,28-/m0/s1. The highest BCUT2D eigenvalue weighted by atomic mass is 16.6. The van der Waals surface area contributed by atoms with Crippen molar-refractivity contribution in [1.82, 2.24) is 10.2 Å². The molecular weight excluding hydrogens is 474 g/mol. The first-order valence-corrected chi connectivity index (χ1v) is 13.3. The van der Waals surface area contributed by atoms with Crippen molar-refractivity contribution in [3.8, 4) is 5.75 Å². The molecule has 5 rings (SSSR count). The zero-order chi connectivity index (χ0) is 26.6. The average molecular weight is 514 g/mol. The zero-order valence-corrected chi connectivity index (χ0v) is 22.5. The number of hydrogen-bond donors (Lipinski definition) is 2. The fourth-order valence-corrected chi connectivity index (χ4v) is 8.10. The van der Waals surface area contributed by atoms with Gasteiger partial charge in [-0.2, -0.15) is 0 Å². The number of rotatable bonds is 7. The van der Waals surface area contributed by atoms with Gasteiger partial charge in [0, 0.05) is 49.1 Å². The lowest BCUT2D eigenvalue weighted by Gasteiger charge is -2.64. The van der Waals surface area contributed by atoms with Crippen molar-refractivity contribution in [2.45, 2.75) is 69.2 Å². The highest BCUT2D eigenvalue weighted by Gasteiger charge is 2.77. The number of ether oxygens (including phenoxy) is 3. The lowest BCUT2D eigenvalue weighted by atomic mass is 9.47. The van der Waals surface area contributed by atoms with Crippen molar-refractivity contribution in [1.29, 1.82) is 0 Å². The fraction of sp³-hybridized carbons (Fsp3) is 0.643. The minimum atomic E-state index is -1.61. The molecule has 1 aliphatic carbocycles. The second-order valence-corrected chi connectivity index (χ2v) is 10.9. The number of amides is 1. The second kappa shape index (κ2) is 9.20. The summed E-state index contributed by atoms with van der Waals surface area (Å²) >= 11 is 0. The van der Waals surface area contributed by atoms with Crippen LogP contribution in [0.3, 0.4) is 0 Å². The summed E-state index contributed by atoms with van der Waals surface area (Å²) in [5, 5.41) is 15.7. The Labute approximate surface area is 218 Å². The minimum Gasteiger partial charge on any atom is -0.497 e. The van der Waals surface area contributed by atoms with Crippen molar-refractivity contribution in [2.75, 3.05) is 45.3 Å². The Hall–Kier alpha value is -2.78. The largest absolute Gasteiger partial charge is 0.497 e. The van der Waals surface area contributed by atoms with Gasteiger partial charge in [-0.05, 0) is 37.4 Å². The van der Waals surface area contributed by atoms with Crippen LogP contribution in [0.15, 0.2) is 30.4 Å². The van der Waals surface area contributed by atoms with E-state index in [4.69, 9.17) is 14.2 Å². The molecule has 9 nitrogen and oxygen atoms in total. The molecule has 3 heterocycles. The SMILES string of the molecule is CCCOC(=O)NC[C@@]1(O)[C@H](OC(C)=O)C2(CC)C=CCN3CC[C@@]4(c5ccc(OC)cc5N(C)[C@@H]14)[C@@H]32. The van der Waals surface area contributed by atoms with E-state index in [1.807, 2.05) is 26.1 Å². The Bertz CT molecular complexity index is 1110. The smallest absolute Gasteiger partial charge is 0.407 e.